The SMILES string of the molecule is C#CCOc1ccc([N+](=O)[O-])c(COC(=O)C(C)(C)Br)c1. The Hall–Kier alpha value is -2.07. The highest BCUT2D eigenvalue weighted by Gasteiger charge is 2.26. The maximum Gasteiger partial charge on any atom is 0.322 e. The smallest absolute Gasteiger partial charge is 0.322 e. The van der Waals surface area contributed by atoms with Crippen LogP contribution < -0.4 is 4.74 Å². The Bertz CT molecular complexity index is 586. The van der Waals surface area contributed by atoms with Gasteiger partial charge in [-0.2, -0.15) is 0 Å². The van der Waals surface area contributed by atoms with Crippen LogP contribution in [0.4, 0.5) is 5.69 Å². The van der Waals surface area contributed by atoms with Crippen molar-refractivity contribution >= 4 is 27.6 Å². The molecule has 6 nitrogen and oxygen atoms in total. The van der Waals surface area contributed by atoms with E-state index in [-0.39, 0.29) is 24.5 Å². The number of hydrogen-bond acceptors (Lipinski definition) is 5. The van der Waals surface area contributed by atoms with Gasteiger partial charge < -0.3 is 9.47 Å². The third-order valence-electron chi connectivity index (χ3n) is 2.41. The van der Waals surface area contributed by atoms with Crippen LogP contribution in [0.2, 0.25) is 0 Å². The summed E-state index contributed by atoms with van der Waals surface area (Å²) in [6, 6.07) is 4.16. The monoisotopic (exact) mass is 355 g/mol. The number of hydrogen-bond donors (Lipinski definition) is 0. The predicted molar refractivity (Wildman–Crippen MR) is 80.2 cm³/mol. The highest BCUT2D eigenvalue weighted by Crippen LogP contribution is 2.26. The van der Waals surface area contributed by atoms with Gasteiger partial charge >= 0.3 is 5.97 Å². The van der Waals surface area contributed by atoms with Crippen LogP contribution in [0.1, 0.15) is 19.4 Å². The fourth-order valence-electron chi connectivity index (χ4n) is 1.39. The molecule has 0 heterocycles. The fourth-order valence-corrected chi connectivity index (χ4v) is 1.50. The molecule has 112 valence electrons. The minimum Gasteiger partial charge on any atom is -0.481 e. The average molecular weight is 356 g/mol. The van der Waals surface area contributed by atoms with Crippen molar-refractivity contribution in [2.45, 2.75) is 24.8 Å². The van der Waals surface area contributed by atoms with Crippen LogP contribution in [0.15, 0.2) is 18.2 Å². The molecule has 0 amide bonds. The van der Waals surface area contributed by atoms with Crippen LogP contribution in [0.3, 0.4) is 0 Å². The number of alkyl halides is 1. The van der Waals surface area contributed by atoms with Crippen molar-refractivity contribution in [1.82, 2.24) is 0 Å². The van der Waals surface area contributed by atoms with Crippen molar-refractivity contribution in [2.24, 2.45) is 0 Å². The Morgan fingerprint density at radius 2 is 2.19 bits per heavy atom. The molecule has 0 aliphatic rings. The van der Waals surface area contributed by atoms with Gasteiger partial charge in [0.25, 0.3) is 5.69 Å². The Balaban J connectivity index is 2.94. The Morgan fingerprint density at radius 3 is 2.71 bits per heavy atom. The van der Waals surface area contributed by atoms with Gasteiger partial charge in [-0.05, 0) is 26.0 Å². The van der Waals surface area contributed by atoms with Gasteiger partial charge in [0.05, 0.1) is 10.5 Å². The molecular formula is C14H14BrNO5. The molecule has 0 radical (unpaired) electrons. The molecule has 0 saturated carbocycles. The number of carbonyl (C=O) groups excluding carboxylic acids is 1. The van der Waals surface area contributed by atoms with Gasteiger partial charge in [-0.3, -0.25) is 14.9 Å². The normalized spacial score (nSPS) is 10.6. The maximum atomic E-state index is 11.7. The molecule has 0 aliphatic carbocycles. The molecule has 0 bridgehead atoms. The van der Waals surface area contributed by atoms with Gasteiger partial charge in [0.15, 0.2) is 0 Å². The Kier molecular flexibility index (Phi) is 5.73. The van der Waals surface area contributed by atoms with E-state index in [0.717, 1.165) is 0 Å². The molecule has 0 unspecified atom stereocenters. The molecule has 1 rings (SSSR count). The summed E-state index contributed by atoms with van der Waals surface area (Å²) in [6.45, 7) is 3.06. The van der Waals surface area contributed by atoms with Crippen LogP contribution >= 0.6 is 15.9 Å². The second kappa shape index (κ2) is 7.09. The number of benzene rings is 1. The number of rotatable bonds is 6. The molecule has 0 spiro atoms. The minimum absolute atomic E-state index is 0.0471. The number of halogens is 1. The number of esters is 1. The van der Waals surface area contributed by atoms with Crippen molar-refractivity contribution in [3.8, 4) is 18.1 Å². The number of terminal acetylenes is 1. The summed E-state index contributed by atoms with van der Waals surface area (Å²) in [5.41, 5.74) is 0.0860. The summed E-state index contributed by atoms with van der Waals surface area (Å²) in [5, 5.41) is 11.0. The predicted octanol–water partition coefficient (Wildman–Crippen LogP) is 2.82. The topological polar surface area (TPSA) is 78.7 Å². The van der Waals surface area contributed by atoms with Gasteiger partial charge in [-0.15, -0.1) is 6.42 Å². The summed E-state index contributed by atoms with van der Waals surface area (Å²) in [7, 11) is 0. The van der Waals surface area contributed by atoms with E-state index in [1.54, 1.807) is 13.8 Å². The number of nitrogens with zero attached hydrogens (tertiary/aromatic N) is 1. The lowest BCUT2D eigenvalue weighted by Crippen LogP contribution is -2.26. The molecule has 0 aromatic heterocycles. The first-order valence-electron chi connectivity index (χ1n) is 5.95. The van der Waals surface area contributed by atoms with Gasteiger partial charge in [0.1, 0.15) is 23.3 Å². The van der Waals surface area contributed by atoms with E-state index >= 15 is 0 Å². The molecule has 0 atom stereocenters. The van der Waals surface area contributed by atoms with Crippen LogP contribution in [0.25, 0.3) is 0 Å². The second-order valence-electron chi connectivity index (χ2n) is 4.59. The van der Waals surface area contributed by atoms with Crippen molar-refractivity contribution in [1.29, 1.82) is 0 Å². The van der Waals surface area contributed by atoms with Crippen molar-refractivity contribution in [3.05, 3.63) is 33.9 Å². The molecule has 0 saturated heterocycles. The van der Waals surface area contributed by atoms with Crippen molar-refractivity contribution < 1.29 is 19.2 Å². The molecule has 1 aromatic carbocycles. The molecule has 0 N–H and O–H groups in total. The highest BCUT2D eigenvalue weighted by atomic mass is 79.9. The van der Waals surface area contributed by atoms with E-state index in [4.69, 9.17) is 15.9 Å². The number of carbonyl (C=O) groups is 1. The fraction of sp³-hybridized carbons (Fsp3) is 0.357. The first-order chi connectivity index (χ1) is 9.75. The number of ether oxygens (including phenoxy) is 2. The maximum absolute atomic E-state index is 11.7. The Morgan fingerprint density at radius 1 is 1.52 bits per heavy atom. The molecule has 21 heavy (non-hydrogen) atoms. The largest absolute Gasteiger partial charge is 0.481 e. The van der Waals surface area contributed by atoms with Gasteiger partial charge in [-0.25, -0.2) is 0 Å². The second-order valence-corrected chi connectivity index (χ2v) is 6.57. The summed E-state index contributed by atoms with van der Waals surface area (Å²) < 4.78 is 9.39. The van der Waals surface area contributed by atoms with E-state index < -0.39 is 15.2 Å². The first-order valence-corrected chi connectivity index (χ1v) is 6.74. The van der Waals surface area contributed by atoms with Crippen LogP contribution in [-0.4, -0.2) is 21.8 Å². The van der Waals surface area contributed by atoms with E-state index in [1.165, 1.54) is 18.2 Å². The first kappa shape index (κ1) is 17.0. The summed E-state index contributed by atoms with van der Waals surface area (Å²) in [4.78, 5) is 22.1. The molecule has 0 aliphatic heterocycles. The zero-order valence-corrected chi connectivity index (χ0v) is 13.2. The van der Waals surface area contributed by atoms with Gasteiger partial charge in [0, 0.05) is 6.07 Å². The molecule has 1 aromatic rings. The highest BCUT2D eigenvalue weighted by molar-refractivity contribution is 9.10. The van der Waals surface area contributed by atoms with Gasteiger partial charge in [-0.1, -0.05) is 21.9 Å². The quantitative estimate of drug-likeness (QED) is 0.258. The lowest BCUT2D eigenvalue weighted by atomic mass is 10.1. The lowest BCUT2D eigenvalue weighted by molar-refractivity contribution is -0.385. The molecule has 0 fully saturated rings. The standard InChI is InChI=1S/C14H14BrNO5/c1-4-7-20-11-5-6-12(16(18)19)10(8-11)9-21-13(17)14(2,3)15/h1,5-6,8H,7,9H2,2-3H3. The average Bonchev–Trinajstić information content (AvgIpc) is 2.41. The zero-order valence-electron chi connectivity index (χ0n) is 11.6. The lowest BCUT2D eigenvalue weighted by Gasteiger charge is -2.15. The van der Waals surface area contributed by atoms with Crippen LogP contribution in [-0.2, 0) is 16.1 Å². The van der Waals surface area contributed by atoms with E-state index in [2.05, 4.69) is 21.9 Å². The van der Waals surface area contributed by atoms with Crippen LogP contribution in [0.5, 0.6) is 5.75 Å². The Labute approximate surface area is 130 Å². The zero-order chi connectivity index (χ0) is 16.0. The third kappa shape index (κ3) is 5.08. The summed E-state index contributed by atoms with van der Waals surface area (Å²) in [6.07, 6.45) is 5.08. The molecular weight excluding hydrogens is 342 g/mol. The summed E-state index contributed by atoms with van der Waals surface area (Å²) in [5.74, 6) is 2.15. The van der Waals surface area contributed by atoms with Crippen LogP contribution in [0, 0.1) is 22.5 Å². The number of nitro groups is 1. The van der Waals surface area contributed by atoms with Gasteiger partial charge in [0.2, 0.25) is 0 Å². The summed E-state index contributed by atoms with van der Waals surface area (Å²) >= 11 is 3.16. The number of nitro benzene ring substituents is 1. The minimum atomic E-state index is -0.862. The van der Waals surface area contributed by atoms with E-state index in [9.17, 15) is 14.9 Å². The van der Waals surface area contributed by atoms with Crippen molar-refractivity contribution in [2.75, 3.05) is 6.61 Å². The molecule has 7 heteroatoms. The van der Waals surface area contributed by atoms with E-state index in [0.29, 0.717) is 5.75 Å². The van der Waals surface area contributed by atoms with Crippen molar-refractivity contribution in [3.63, 3.8) is 0 Å². The third-order valence-corrected chi connectivity index (χ3v) is 2.74. The van der Waals surface area contributed by atoms with E-state index in [1.807, 2.05) is 0 Å².